The van der Waals surface area contributed by atoms with E-state index >= 15 is 0 Å². The molecular formula is C13H18. The summed E-state index contributed by atoms with van der Waals surface area (Å²) >= 11 is 0. The van der Waals surface area contributed by atoms with Crippen molar-refractivity contribution in [1.82, 2.24) is 0 Å². The largest absolute Gasteiger partial charge is 0.0955 e. The number of allylic oxidation sites excluding steroid dienone is 1. The molecular weight excluding hydrogens is 156 g/mol. The summed E-state index contributed by atoms with van der Waals surface area (Å²) < 4.78 is 0. The number of benzene rings is 1. The second-order valence-corrected chi connectivity index (χ2v) is 4.58. The van der Waals surface area contributed by atoms with Crippen LogP contribution in [-0.2, 0) is 5.41 Å². The number of hydrogen-bond acceptors (Lipinski definition) is 0. The van der Waals surface area contributed by atoms with Crippen LogP contribution in [0.5, 0.6) is 0 Å². The zero-order valence-corrected chi connectivity index (χ0v) is 9.02. The van der Waals surface area contributed by atoms with Gasteiger partial charge in [0.15, 0.2) is 0 Å². The molecule has 1 rings (SSSR count). The van der Waals surface area contributed by atoms with Crippen LogP contribution in [0.15, 0.2) is 30.8 Å². The highest BCUT2D eigenvalue weighted by Gasteiger charge is 2.16. The Morgan fingerprint density at radius 2 is 1.69 bits per heavy atom. The van der Waals surface area contributed by atoms with Crippen molar-refractivity contribution in [1.29, 1.82) is 0 Å². The maximum atomic E-state index is 4.00. The molecule has 1 aromatic rings. The maximum absolute atomic E-state index is 4.00. The molecule has 13 heavy (non-hydrogen) atoms. The molecule has 1 aromatic carbocycles. The molecule has 0 saturated heterocycles. The molecule has 70 valence electrons. The van der Waals surface area contributed by atoms with Crippen molar-refractivity contribution in [3.8, 4) is 0 Å². The van der Waals surface area contributed by atoms with Crippen LogP contribution in [0.2, 0.25) is 0 Å². The Kier molecular flexibility index (Phi) is 2.60. The lowest BCUT2D eigenvalue weighted by Crippen LogP contribution is -2.13. The topological polar surface area (TPSA) is 0 Å². The lowest BCUT2D eigenvalue weighted by atomic mass is 9.82. The smallest absolute Gasteiger partial charge is 0.0126 e. The summed E-state index contributed by atoms with van der Waals surface area (Å²) in [5.41, 5.74) is 4.01. The molecule has 0 N–H and O–H groups in total. The van der Waals surface area contributed by atoms with E-state index in [1.807, 2.05) is 0 Å². The zero-order valence-electron chi connectivity index (χ0n) is 9.02. The summed E-state index contributed by atoms with van der Waals surface area (Å²) in [5.74, 6) is 0. The van der Waals surface area contributed by atoms with Gasteiger partial charge in [-0.25, -0.2) is 0 Å². The van der Waals surface area contributed by atoms with Gasteiger partial charge in [-0.3, -0.25) is 0 Å². The maximum Gasteiger partial charge on any atom is -0.0126 e. The average Bonchev–Trinajstić information content (AvgIpc) is 2.03. The summed E-state index contributed by atoms with van der Waals surface area (Å²) in [6.07, 6.45) is 0. The van der Waals surface area contributed by atoms with E-state index in [0.717, 1.165) is 5.57 Å². The third-order valence-corrected chi connectivity index (χ3v) is 2.19. The van der Waals surface area contributed by atoms with Crippen molar-refractivity contribution in [3.63, 3.8) is 0 Å². The Hall–Kier alpha value is -1.04. The van der Waals surface area contributed by atoms with Gasteiger partial charge in [-0.15, -0.1) is 0 Å². The van der Waals surface area contributed by atoms with Crippen LogP contribution < -0.4 is 0 Å². The van der Waals surface area contributed by atoms with Crippen LogP contribution in [0.1, 0.15) is 38.8 Å². The van der Waals surface area contributed by atoms with Crippen molar-refractivity contribution >= 4 is 5.57 Å². The van der Waals surface area contributed by atoms with E-state index in [9.17, 15) is 0 Å². The first-order valence-corrected chi connectivity index (χ1v) is 4.68. The van der Waals surface area contributed by atoms with Crippen molar-refractivity contribution < 1.29 is 0 Å². The van der Waals surface area contributed by atoms with Gasteiger partial charge in [0.1, 0.15) is 0 Å². The van der Waals surface area contributed by atoms with Gasteiger partial charge < -0.3 is 0 Å². The lowest BCUT2D eigenvalue weighted by Gasteiger charge is -2.22. The SMILES string of the molecule is C=C(C)c1ccccc1C(C)(C)C. The van der Waals surface area contributed by atoms with Crippen molar-refractivity contribution in [2.75, 3.05) is 0 Å². The molecule has 0 atom stereocenters. The van der Waals surface area contributed by atoms with Gasteiger partial charge in [-0.2, -0.15) is 0 Å². The predicted octanol–water partition coefficient (Wildman–Crippen LogP) is 4.02. The van der Waals surface area contributed by atoms with Crippen LogP contribution in [0.25, 0.3) is 5.57 Å². The monoisotopic (exact) mass is 174 g/mol. The van der Waals surface area contributed by atoms with E-state index in [1.165, 1.54) is 11.1 Å². The zero-order chi connectivity index (χ0) is 10.1. The molecule has 0 spiro atoms. The van der Waals surface area contributed by atoms with E-state index < -0.39 is 0 Å². The fraction of sp³-hybridized carbons (Fsp3) is 0.385. The predicted molar refractivity (Wildman–Crippen MR) is 59.9 cm³/mol. The van der Waals surface area contributed by atoms with Crippen LogP contribution in [0.3, 0.4) is 0 Å². The minimum atomic E-state index is 0.204. The van der Waals surface area contributed by atoms with Gasteiger partial charge in [0.25, 0.3) is 0 Å². The van der Waals surface area contributed by atoms with Gasteiger partial charge in [0.2, 0.25) is 0 Å². The van der Waals surface area contributed by atoms with Crippen molar-refractivity contribution in [2.24, 2.45) is 0 Å². The summed E-state index contributed by atoms with van der Waals surface area (Å²) in [6.45, 7) is 12.8. The Morgan fingerprint density at radius 3 is 2.08 bits per heavy atom. The first-order valence-electron chi connectivity index (χ1n) is 4.68. The lowest BCUT2D eigenvalue weighted by molar-refractivity contribution is 0.588. The Labute approximate surface area is 81.3 Å². The highest BCUT2D eigenvalue weighted by atomic mass is 14.2. The van der Waals surface area contributed by atoms with Gasteiger partial charge >= 0.3 is 0 Å². The first-order chi connectivity index (χ1) is 5.93. The highest BCUT2D eigenvalue weighted by Crippen LogP contribution is 2.28. The number of hydrogen-bond donors (Lipinski definition) is 0. The van der Waals surface area contributed by atoms with Crippen molar-refractivity contribution in [3.05, 3.63) is 42.0 Å². The van der Waals surface area contributed by atoms with Crippen LogP contribution >= 0.6 is 0 Å². The van der Waals surface area contributed by atoms with Gasteiger partial charge in [-0.05, 0) is 23.5 Å². The van der Waals surface area contributed by atoms with Crippen LogP contribution in [0.4, 0.5) is 0 Å². The molecule has 0 bridgehead atoms. The molecule has 0 nitrogen and oxygen atoms in total. The molecule has 0 amide bonds. The van der Waals surface area contributed by atoms with Gasteiger partial charge in [0.05, 0.1) is 0 Å². The number of rotatable bonds is 1. The third kappa shape index (κ3) is 2.21. The summed E-state index contributed by atoms with van der Waals surface area (Å²) in [6, 6.07) is 8.49. The summed E-state index contributed by atoms with van der Waals surface area (Å²) in [5, 5.41) is 0. The Morgan fingerprint density at radius 1 is 1.15 bits per heavy atom. The van der Waals surface area contributed by atoms with Crippen LogP contribution in [-0.4, -0.2) is 0 Å². The highest BCUT2D eigenvalue weighted by molar-refractivity contribution is 5.65. The normalized spacial score (nSPS) is 11.4. The Bertz CT molecular complexity index is 313. The first kappa shape index (κ1) is 10.0. The minimum Gasteiger partial charge on any atom is -0.0955 e. The van der Waals surface area contributed by atoms with E-state index in [0.29, 0.717) is 0 Å². The fourth-order valence-electron chi connectivity index (χ4n) is 1.51. The van der Waals surface area contributed by atoms with E-state index in [4.69, 9.17) is 0 Å². The molecule has 0 aliphatic heterocycles. The van der Waals surface area contributed by atoms with E-state index in [2.05, 4.69) is 58.5 Å². The molecule has 0 unspecified atom stereocenters. The minimum absolute atomic E-state index is 0.204. The Balaban J connectivity index is 3.28. The fourth-order valence-corrected chi connectivity index (χ4v) is 1.51. The molecule has 0 radical (unpaired) electrons. The second kappa shape index (κ2) is 3.37. The molecule has 0 saturated carbocycles. The third-order valence-electron chi connectivity index (χ3n) is 2.19. The van der Waals surface area contributed by atoms with E-state index in [1.54, 1.807) is 0 Å². The van der Waals surface area contributed by atoms with Gasteiger partial charge in [0, 0.05) is 0 Å². The second-order valence-electron chi connectivity index (χ2n) is 4.58. The van der Waals surface area contributed by atoms with E-state index in [-0.39, 0.29) is 5.41 Å². The summed E-state index contributed by atoms with van der Waals surface area (Å²) in [4.78, 5) is 0. The molecule has 0 aliphatic rings. The average molecular weight is 174 g/mol. The van der Waals surface area contributed by atoms with Crippen LogP contribution in [0, 0.1) is 0 Å². The molecule has 0 heterocycles. The summed E-state index contributed by atoms with van der Waals surface area (Å²) in [7, 11) is 0. The van der Waals surface area contributed by atoms with Crippen molar-refractivity contribution in [2.45, 2.75) is 33.1 Å². The standard InChI is InChI=1S/C13H18/c1-10(2)11-8-6-7-9-12(11)13(3,4)5/h6-9H,1H2,2-5H3. The molecule has 0 aliphatic carbocycles. The molecule has 0 heteroatoms. The van der Waals surface area contributed by atoms with Gasteiger partial charge in [-0.1, -0.05) is 57.2 Å². The quantitative estimate of drug-likeness (QED) is 0.603. The molecule has 0 fully saturated rings. The molecule has 0 aromatic heterocycles.